The fourth-order valence-electron chi connectivity index (χ4n) is 0.938. The van der Waals surface area contributed by atoms with Crippen LogP contribution in [0.3, 0.4) is 0 Å². The number of hydrogen-bond donors (Lipinski definition) is 0. The van der Waals surface area contributed by atoms with Gasteiger partial charge in [-0.05, 0) is 19.4 Å². The second-order valence-electron chi connectivity index (χ2n) is 4.63. The van der Waals surface area contributed by atoms with E-state index in [2.05, 4.69) is 42.4 Å². The molecule has 0 spiro atoms. The molecule has 0 fully saturated rings. The third kappa shape index (κ3) is 20.9. The van der Waals surface area contributed by atoms with E-state index in [1.165, 1.54) is 19.8 Å². The van der Waals surface area contributed by atoms with E-state index in [1.54, 1.807) is 26.0 Å². The van der Waals surface area contributed by atoms with Gasteiger partial charge in [-0.25, -0.2) is 9.59 Å². The maximum Gasteiger partial charge on any atom is 0.332 e. The zero-order valence-corrected chi connectivity index (χ0v) is 16.3. The molecule has 142 valence electrons. The van der Waals surface area contributed by atoms with Crippen LogP contribution >= 0.6 is 0 Å². The van der Waals surface area contributed by atoms with Crippen molar-refractivity contribution in [2.24, 2.45) is 0 Å². The molecule has 1 aromatic carbocycles. The summed E-state index contributed by atoms with van der Waals surface area (Å²) in [5.74, 6) is -0.694. The maximum absolute atomic E-state index is 10.2. The molecule has 0 heterocycles. The van der Waals surface area contributed by atoms with Gasteiger partial charge in [0.2, 0.25) is 0 Å². The van der Waals surface area contributed by atoms with Crippen LogP contribution in [0.4, 0.5) is 0 Å². The van der Waals surface area contributed by atoms with Crippen molar-refractivity contribution in [1.29, 1.82) is 0 Å². The summed E-state index contributed by atoms with van der Waals surface area (Å²) in [7, 11) is 2.66. The Morgan fingerprint density at radius 2 is 1.15 bits per heavy atom. The van der Waals surface area contributed by atoms with Crippen molar-refractivity contribution in [2.75, 3.05) is 14.2 Å². The summed E-state index contributed by atoms with van der Waals surface area (Å²) in [6, 6.07) is 10.0. The van der Waals surface area contributed by atoms with Crippen molar-refractivity contribution in [3.63, 3.8) is 0 Å². The van der Waals surface area contributed by atoms with E-state index in [-0.39, 0.29) is 11.9 Å². The first-order valence-electron chi connectivity index (χ1n) is 7.60. The summed E-state index contributed by atoms with van der Waals surface area (Å²) in [4.78, 5) is 20.4. The Labute approximate surface area is 157 Å². The fourth-order valence-corrected chi connectivity index (χ4v) is 0.938. The zero-order chi connectivity index (χ0) is 21.0. The largest absolute Gasteiger partial charge is 0.466 e. The molecule has 0 aliphatic rings. The molecule has 0 saturated carbocycles. The van der Waals surface area contributed by atoms with Gasteiger partial charge >= 0.3 is 11.9 Å². The second kappa shape index (κ2) is 19.9. The molecule has 0 N–H and O–H groups in total. The molecular weight excluding hydrogens is 328 g/mol. The smallest absolute Gasteiger partial charge is 0.332 e. The van der Waals surface area contributed by atoms with Crippen LogP contribution in [0.2, 0.25) is 0 Å². The van der Waals surface area contributed by atoms with Crippen LogP contribution in [0.25, 0.3) is 6.08 Å². The first kappa shape index (κ1) is 27.7. The normalized spacial score (nSPS) is 7.54. The standard InChI is InChI=1S/C8H8.2C5H8O2.C4H6/c1-2-8-6-4-3-5-7-8;2*1-4(2)5(6)7-3;1-3-4-2/h2-7H,1H2;2*1H2,2-3H3;3-4H,1-2H2. The first-order valence-corrected chi connectivity index (χ1v) is 7.60. The zero-order valence-electron chi connectivity index (χ0n) is 16.3. The quantitative estimate of drug-likeness (QED) is 0.424. The number of rotatable bonds is 4. The van der Waals surface area contributed by atoms with Crippen molar-refractivity contribution in [3.05, 3.63) is 92.1 Å². The minimum atomic E-state index is -0.347. The molecule has 0 saturated heterocycles. The molecule has 1 aromatic rings. The maximum atomic E-state index is 10.2. The molecule has 0 amide bonds. The number of carbonyl (C=O) groups excluding carboxylic acids is 2. The van der Waals surface area contributed by atoms with Gasteiger partial charge in [-0.15, -0.1) is 0 Å². The summed E-state index contributed by atoms with van der Waals surface area (Å²) < 4.78 is 8.55. The number of carbonyl (C=O) groups is 2. The third-order valence-electron chi connectivity index (χ3n) is 2.27. The lowest BCUT2D eigenvalue weighted by atomic mass is 10.2. The predicted molar refractivity (Wildman–Crippen MR) is 111 cm³/mol. The van der Waals surface area contributed by atoms with E-state index < -0.39 is 0 Å². The number of esters is 2. The highest BCUT2D eigenvalue weighted by Crippen LogP contribution is 1.97. The van der Waals surface area contributed by atoms with Crippen LogP contribution in [-0.4, -0.2) is 26.2 Å². The van der Waals surface area contributed by atoms with Gasteiger partial charge < -0.3 is 9.47 Å². The topological polar surface area (TPSA) is 52.6 Å². The molecule has 4 nitrogen and oxygen atoms in total. The summed E-state index contributed by atoms with van der Waals surface area (Å²) in [6.07, 6.45) is 5.11. The van der Waals surface area contributed by atoms with E-state index in [1.807, 2.05) is 36.4 Å². The average molecular weight is 358 g/mol. The molecule has 0 bridgehead atoms. The van der Waals surface area contributed by atoms with Crippen LogP contribution in [0.15, 0.2) is 86.5 Å². The molecule has 0 aliphatic carbocycles. The summed E-state index contributed by atoms with van der Waals surface area (Å²) >= 11 is 0. The Hall–Kier alpha value is -3.14. The summed E-state index contributed by atoms with van der Waals surface area (Å²) in [5, 5.41) is 0. The number of methoxy groups -OCH3 is 2. The van der Waals surface area contributed by atoms with Gasteiger partial charge in [-0.3, -0.25) is 0 Å². The highest BCUT2D eigenvalue weighted by Gasteiger charge is 1.96. The molecular formula is C22H30O4. The van der Waals surface area contributed by atoms with Crippen LogP contribution in [0.1, 0.15) is 19.4 Å². The molecule has 0 atom stereocenters. The lowest BCUT2D eigenvalue weighted by Crippen LogP contribution is -1.98. The molecule has 0 aromatic heterocycles. The first-order chi connectivity index (χ1) is 12.2. The molecule has 0 aliphatic heterocycles. The Kier molecular flexibility index (Phi) is 21.2. The van der Waals surface area contributed by atoms with Gasteiger partial charge in [0.25, 0.3) is 0 Å². The van der Waals surface area contributed by atoms with E-state index in [4.69, 9.17) is 0 Å². The molecule has 0 radical (unpaired) electrons. The van der Waals surface area contributed by atoms with Gasteiger partial charge in [0, 0.05) is 11.1 Å². The number of ether oxygens (including phenoxy) is 2. The van der Waals surface area contributed by atoms with E-state index in [0.717, 1.165) is 0 Å². The lowest BCUT2D eigenvalue weighted by Gasteiger charge is -1.91. The Balaban J connectivity index is -0.000000279. The van der Waals surface area contributed by atoms with Gasteiger partial charge in [0.1, 0.15) is 0 Å². The highest BCUT2D eigenvalue weighted by molar-refractivity contribution is 5.87. The number of benzene rings is 1. The van der Waals surface area contributed by atoms with Gasteiger partial charge in [0.05, 0.1) is 14.2 Å². The van der Waals surface area contributed by atoms with Crippen molar-refractivity contribution in [1.82, 2.24) is 0 Å². The lowest BCUT2D eigenvalue weighted by molar-refractivity contribution is -0.136. The number of hydrogen-bond acceptors (Lipinski definition) is 4. The third-order valence-corrected chi connectivity index (χ3v) is 2.27. The van der Waals surface area contributed by atoms with E-state index in [0.29, 0.717) is 11.1 Å². The Bertz CT molecular complexity index is 551. The van der Waals surface area contributed by atoms with Crippen LogP contribution in [0, 0.1) is 0 Å². The van der Waals surface area contributed by atoms with Crippen LogP contribution < -0.4 is 0 Å². The van der Waals surface area contributed by atoms with E-state index >= 15 is 0 Å². The summed E-state index contributed by atoms with van der Waals surface area (Å²) in [5.41, 5.74) is 2.04. The SMILES string of the molecule is C=C(C)C(=O)OC.C=C(C)C(=O)OC.C=CC=C.C=Cc1ccccc1. The fraction of sp³-hybridized carbons (Fsp3) is 0.182. The highest BCUT2D eigenvalue weighted by atomic mass is 16.5. The summed E-state index contributed by atoms with van der Waals surface area (Å²) in [6.45, 7) is 20.3. The average Bonchev–Trinajstić information content (AvgIpc) is 2.68. The van der Waals surface area contributed by atoms with Crippen molar-refractivity contribution < 1.29 is 19.1 Å². The monoisotopic (exact) mass is 358 g/mol. The van der Waals surface area contributed by atoms with Gasteiger partial charge in [-0.2, -0.15) is 0 Å². The van der Waals surface area contributed by atoms with Crippen LogP contribution in [-0.2, 0) is 19.1 Å². The molecule has 26 heavy (non-hydrogen) atoms. The van der Waals surface area contributed by atoms with Crippen molar-refractivity contribution in [2.45, 2.75) is 13.8 Å². The molecule has 0 unspecified atom stereocenters. The molecule has 4 heteroatoms. The number of allylic oxidation sites excluding steroid dienone is 2. The van der Waals surface area contributed by atoms with Crippen molar-refractivity contribution >= 4 is 18.0 Å². The Morgan fingerprint density at radius 3 is 1.27 bits per heavy atom. The Morgan fingerprint density at radius 1 is 0.808 bits per heavy atom. The predicted octanol–water partition coefficient (Wildman–Crippen LogP) is 5.16. The van der Waals surface area contributed by atoms with Gasteiger partial charge in [-0.1, -0.05) is 81.5 Å². The van der Waals surface area contributed by atoms with Crippen molar-refractivity contribution in [3.8, 4) is 0 Å². The minimum absolute atomic E-state index is 0.347. The minimum Gasteiger partial charge on any atom is -0.466 e. The second-order valence-corrected chi connectivity index (χ2v) is 4.63. The van der Waals surface area contributed by atoms with Crippen LogP contribution in [0.5, 0.6) is 0 Å². The van der Waals surface area contributed by atoms with E-state index in [9.17, 15) is 9.59 Å². The van der Waals surface area contributed by atoms with Gasteiger partial charge in [0.15, 0.2) is 0 Å². The molecule has 1 rings (SSSR count).